The van der Waals surface area contributed by atoms with Gasteiger partial charge in [-0.05, 0) is 23.8 Å². The number of allylic oxidation sites excluding steroid dienone is 1. The molecular formula is C12H11NO3. The first-order valence-corrected chi connectivity index (χ1v) is 4.54. The summed E-state index contributed by atoms with van der Waals surface area (Å²) < 4.78 is 10.2. The van der Waals surface area contributed by atoms with Gasteiger partial charge in [0, 0.05) is 0 Å². The summed E-state index contributed by atoms with van der Waals surface area (Å²) in [6.07, 6.45) is 1.99. The molecule has 1 aromatic carbocycles. The number of aldehydes is 1. The Balaban J connectivity index is 3.14. The van der Waals surface area contributed by atoms with Crippen LogP contribution in [-0.4, -0.2) is 20.5 Å². The third-order valence-electron chi connectivity index (χ3n) is 1.99. The van der Waals surface area contributed by atoms with Crippen molar-refractivity contribution in [3.8, 4) is 17.6 Å². The molecule has 0 N–H and O–H groups in total. The number of methoxy groups -OCH3 is 2. The van der Waals surface area contributed by atoms with Crippen molar-refractivity contribution in [2.24, 2.45) is 0 Å². The van der Waals surface area contributed by atoms with E-state index >= 15 is 0 Å². The van der Waals surface area contributed by atoms with Crippen molar-refractivity contribution in [2.75, 3.05) is 14.2 Å². The fraction of sp³-hybridized carbons (Fsp3) is 0.167. The summed E-state index contributed by atoms with van der Waals surface area (Å²) >= 11 is 0. The number of benzene rings is 1. The summed E-state index contributed by atoms with van der Waals surface area (Å²) in [5.74, 6) is 1.16. The maximum absolute atomic E-state index is 10.5. The smallest absolute Gasteiger partial charge is 0.161 e. The minimum Gasteiger partial charge on any atom is -0.493 e. The minimum absolute atomic E-state index is 0.0622. The topological polar surface area (TPSA) is 59.3 Å². The van der Waals surface area contributed by atoms with Gasteiger partial charge in [-0.3, -0.25) is 4.79 Å². The lowest BCUT2D eigenvalue weighted by molar-refractivity contribution is -0.104. The summed E-state index contributed by atoms with van der Waals surface area (Å²) in [5, 5.41) is 8.61. The molecule has 0 spiro atoms. The van der Waals surface area contributed by atoms with Crippen molar-refractivity contribution < 1.29 is 14.3 Å². The Labute approximate surface area is 93.7 Å². The molecule has 0 atom stereocenters. The summed E-state index contributed by atoms with van der Waals surface area (Å²) in [6, 6.07) is 6.93. The quantitative estimate of drug-likeness (QED) is 0.438. The van der Waals surface area contributed by atoms with Gasteiger partial charge in [0.05, 0.1) is 19.8 Å². The van der Waals surface area contributed by atoms with Gasteiger partial charge in [-0.25, -0.2) is 0 Å². The predicted octanol–water partition coefficient (Wildman–Crippen LogP) is 1.81. The van der Waals surface area contributed by atoms with E-state index in [2.05, 4.69) is 0 Å². The van der Waals surface area contributed by atoms with E-state index in [-0.39, 0.29) is 5.57 Å². The molecule has 0 heterocycles. The van der Waals surface area contributed by atoms with E-state index in [0.29, 0.717) is 23.3 Å². The SMILES string of the molecule is COc1ccc(/C=C(\C#N)C=O)cc1OC. The second-order valence-electron chi connectivity index (χ2n) is 2.94. The Hall–Kier alpha value is -2.28. The number of hydrogen-bond acceptors (Lipinski definition) is 4. The van der Waals surface area contributed by atoms with Gasteiger partial charge in [0.1, 0.15) is 6.07 Å². The normalized spacial score (nSPS) is 10.4. The number of hydrogen-bond donors (Lipinski definition) is 0. The number of nitrogens with zero attached hydrogens (tertiary/aromatic N) is 1. The van der Waals surface area contributed by atoms with Crippen molar-refractivity contribution in [2.45, 2.75) is 0 Å². The van der Waals surface area contributed by atoms with E-state index in [1.165, 1.54) is 13.2 Å². The predicted molar refractivity (Wildman–Crippen MR) is 59.2 cm³/mol. The number of carbonyl (C=O) groups is 1. The van der Waals surface area contributed by atoms with Gasteiger partial charge in [-0.1, -0.05) is 6.07 Å². The maximum Gasteiger partial charge on any atom is 0.161 e. The third kappa shape index (κ3) is 2.61. The van der Waals surface area contributed by atoms with Crippen LogP contribution in [0.25, 0.3) is 6.08 Å². The Morgan fingerprint density at radius 3 is 2.50 bits per heavy atom. The van der Waals surface area contributed by atoms with Crippen LogP contribution in [0.3, 0.4) is 0 Å². The van der Waals surface area contributed by atoms with Crippen LogP contribution < -0.4 is 9.47 Å². The monoisotopic (exact) mass is 217 g/mol. The summed E-state index contributed by atoms with van der Waals surface area (Å²) in [5.41, 5.74) is 0.772. The van der Waals surface area contributed by atoms with Crippen molar-refractivity contribution in [3.63, 3.8) is 0 Å². The van der Waals surface area contributed by atoms with E-state index in [1.54, 1.807) is 31.4 Å². The highest BCUT2D eigenvalue weighted by molar-refractivity contribution is 5.86. The van der Waals surface area contributed by atoms with Crippen LogP contribution in [-0.2, 0) is 4.79 Å². The molecule has 0 aliphatic carbocycles. The van der Waals surface area contributed by atoms with E-state index < -0.39 is 0 Å². The Kier molecular flexibility index (Phi) is 4.10. The van der Waals surface area contributed by atoms with E-state index in [1.807, 2.05) is 0 Å². The molecule has 0 aliphatic heterocycles. The zero-order chi connectivity index (χ0) is 12.0. The molecule has 0 bridgehead atoms. The van der Waals surface area contributed by atoms with Crippen LogP contribution >= 0.6 is 0 Å². The minimum atomic E-state index is 0.0622. The Bertz CT molecular complexity index is 458. The number of rotatable bonds is 4. The van der Waals surface area contributed by atoms with Crippen LogP contribution in [0.15, 0.2) is 23.8 Å². The fourth-order valence-electron chi connectivity index (χ4n) is 1.21. The third-order valence-corrected chi connectivity index (χ3v) is 1.99. The zero-order valence-corrected chi connectivity index (χ0v) is 9.06. The average molecular weight is 217 g/mol. The van der Waals surface area contributed by atoms with Gasteiger partial charge >= 0.3 is 0 Å². The van der Waals surface area contributed by atoms with E-state index in [4.69, 9.17) is 14.7 Å². The molecule has 0 fully saturated rings. The molecule has 0 radical (unpaired) electrons. The largest absolute Gasteiger partial charge is 0.493 e. The van der Waals surface area contributed by atoms with Crippen molar-refractivity contribution in [1.29, 1.82) is 5.26 Å². The lowest BCUT2D eigenvalue weighted by atomic mass is 10.1. The molecule has 0 saturated carbocycles. The van der Waals surface area contributed by atoms with Crippen LogP contribution in [0.2, 0.25) is 0 Å². The number of nitriles is 1. The molecule has 82 valence electrons. The number of ether oxygens (including phenoxy) is 2. The van der Waals surface area contributed by atoms with Gasteiger partial charge in [0.15, 0.2) is 17.8 Å². The van der Waals surface area contributed by atoms with Crippen LogP contribution in [0.1, 0.15) is 5.56 Å². The lowest BCUT2D eigenvalue weighted by Crippen LogP contribution is -1.91. The van der Waals surface area contributed by atoms with Crippen LogP contribution in [0, 0.1) is 11.3 Å². The van der Waals surface area contributed by atoms with Gasteiger partial charge in [0.25, 0.3) is 0 Å². The zero-order valence-electron chi connectivity index (χ0n) is 9.06. The van der Waals surface area contributed by atoms with Gasteiger partial charge in [-0.2, -0.15) is 5.26 Å². The first kappa shape index (κ1) is 11.8. The second-order valence-corrected chi connectivity index (χ2v) is 2.94. The molecule has 16 heavy (non-hydrogen) atoms. The van der Waals surface area contributed by atoms with Gasteiger partial charge in [-0.15, -0.1) is 0 Å². The summed E-state index contributed by atoms with van der Waals surface area (Å²) in [7, 11) is 3.07. The van der Waals surface area contributed by atoms with E-state index in [9.17, 15) is 4.79 Å². The number of carbonyl (C=O) groups excluding carboxylic acids is 1. The lowest BCUT2D eigenvalue weighted by Gasteiger charge is -2.07. The molecule has 1 rings (SSSR count). The maximum atomic E-state index is 10.5. The van der Waals surface area contributed by atoms with Crippen LogP contribution in [0.5, 0.6) is 11.5 Å². The van der Waals surface area contributed by atoms with Crippen molar-refractivity contribution in [3.05, 3.63) is 29.3 Å². The highest BCUT2D eigenvalue weighted by atomic mass is 16.5. The van der Waals surface area contributed by atoms with E-state index in [0.717, 1.165) is 0 Å². The molecule has 0 unspecified atom stereocenters. The molecule has 4 heteroatoms. The molecule has 0 aromatic heterocycles. The Morgan fingerprint density at radius 1 is 1.31 bits per heavy atom. The van der Waals surface area contributed by atoms with Crippen molar-refractivity contribution >= 4 is 12.4 Å². The highest BCUT2D eigenvalue weighted by Gasteiger charge is 2.03. The molecular weight excluding hydrogens is 206 g/mol. The first-order chi connectivity index (χ1) is 7.74. The molecule has 0 amide bonds. The molecule has 0 saturated heterocycles. The fourth-order valence-corrected chi connectivity index (χ4v) is 1.21. The molecule has 0 aliphatic rings. The van der Waals surface area contributed by atoms with Crippen LogP contribution in [0.4, 0.5) is 0 Å². The summed E-state index contributed by atoms with van der Waals surface area (Å²) in [4.78, 5) is 10.5. The van der Waals surface area contributed by atoms with Gasteiger partial charge < -0.3 is 9.47 Å². The highest BCUT2D eigenvalue weighted by Crippen LogP contribution is 2.28. The van der Waals surface area contributed by atoms with Gasteiger partial charge in [0.2, 0.25) is 0 Å². The standard InChI is InChI=1S/C12H11NO3/c1-15-11-4-3-9(6-12(11)16-2)5-10(7-13)8-14/h3-6,8H,1-2H3/b10-5+. The first-order valence-electron chi connectivity index (χ1n) is 4.54. The molecule has 1 aromatic rings. The second kappa shape index (κ2) is 5.56. The van der Waals surface area contributed by atoms with Crippen molar-refractivity contribution in [1.82, 2.24) is 0 Å². The average Bonchev–Trinajstić information content (AvgIpc) is 2.35. The summed E-state index contributed by atoms with van der Waals surface area (Å²) in [6.45, 7) is 0. The molecule has 4 nitrogen and oxygen atoms in total. The Morgan fingerprint density at radius 2 is 2.00 bits per heavy atom.